The van der Waals surface area contributed by atoms with Crippen LogP contribution in [0.5, 0.6) is 0 Å². The number of nitrogens with zero attached hydrogens (tertiary/aromatic N) is 2. The molecule has 3 nitrogen and oxygen atoms in total. The minimum Gasteiger partial charge on any atom is -0.366 e. The predicted octanol–water partition coefficient (Wildman–Crippen LogP) is 2.33. The Kier molecular flexibility index (Phi) is 3.34. The van der Waals surface area contributed by atoms with Crippen LogP contribution in [-0.4, -0.2) is 15.8 Å². The molecule has 3 heteroatoms. The minimum absolute atomic E-state index is 0.550. The third-order valence-corrected chi connectivity index (χ3v) is 2.45. The molecule has 0 atom stereocenters. The maximum Gasteiger partial charge on any atom is 0.148 e. The van der Waals surface area contributed by atoms with E-state index in [-0.39, 0.29) is 0 Å². The molecule has 0 saturated heterocycles. The van der Waals surface area contributed by atoms with E-state index in [1.165, 1.54) is 5.69 Å². The van der Waals surface area contributed by atoms with Crippen LogP contribution in [0.4, 0.5) is 5.82 Å². The molecule has 0 aliphatic rings. The third-order valence-electron chi connectivity index (χ3n) is 2.45. The lowest BCUT2D eigenvalue weighted by atomic mass is 10.2. The Hall–Kier alpha value is -0.990. The van der Waals surface area contributed by atoms with Crippen molar-refractivity contribution in [3.63, 3.8) is 0 Å². The number of nitrogens with one attached hydrogen (secondary N) is 1. The lowest BCUT2D eigenvalue weighted by Gasteiger charge is -2.13. The molecule has 0 bridgehead atoms. The molecular weight excluding hydrogens is 162 g/mol. The standard InChI is InChI=1S/C10H19N3/c1-5-9(6-2)11-10-7-8(3)13(4)12-10/h7,9H,5-6H2,1-4H3,(H,11,12). The zero-order valence-electron chi connectivity index (χ0n) is 8.96. The van der Waals surface area contributed by atoms with Crippen LogP contribution in [0.1, 0.15) is 32.4 Å². The SMILES string of the molecule is CCC(CC)Nc1cc(C)n(C)n1. The van der Waals surface area contributed by atoms with Crippen molar-refractivity contribution in [3.05, 3.63) is 11.8 Å². The molecule has 74 valence electrons. The van der Waals surface area contributed by atoms with Crippen molar-refractivity contribution in [3.8, 4) is 0 Å². The van der Waals surface area contributed by atoms with Crippen molar-refractivity contribution in [2.75, 3.05) is 5.32 Å². The number of hydrogen-bond acceptors (Lipinski definition) is 2. The van der Waals surface area contributed by atoms with Gasteiger partial charge < -0.3 is 5.32 Å². The Morgan fingerprint density at radius 2 is 2.08 bits per heavy atom. The summed E-state index contributed by atoms with van der Waals surface area (Å²) in [7, 11) is 1.97. The van der Waals surface area contributed by atoms with Gasteiger partial charge in [0, 0.05) is 24.8 Å². The van der Waals surface area contributed by atoms with Crippen LogP contribution in [0.15, 0.2) is 6.07 Å². The number of anilines is 1. The van der Waals surface area contributed by atoms with Gasteiger partial charge in [-0.1, -0.05) is 13.8 Å². The zero-order chi connectivity index (χ0) is 9.84. The number of aromatic nitrogens is 2. The first-order valence-corrected chi connectivity index (χ1v) is 4.94. The first-order chi connectivity index (χ1) is 6.17. The van der Waals surface area contributed by atoms with Crippen molar-refractivity contribution < 1.29 is 0 Å². The molecule has 0 amide bonds. The molecule has 0 saturated carbocycles. The first-order valence-electron chi connectivity index (χ1n) is 4.94. The Balaban J connectivity index is 2.62. The van der Waals surface area contributed by atoms with Gasteiger partial charge in [0.05, 0.1) is 0 Å². The molecule has 0 radical (unpaired) electrons. The maximum atomic E-state index is 4.35. The van der Waals surface area contributed by atoms with Gasteiger partial charge >= 0.3 is 0 Å². The van der Waals surface area contributed by atoms with E-state index in [9.17, 15) is 0 Å². The van der Waals surface area contributed by atoms with Crippen LogP contribution in [0, 0.1) is 6.92 Å². The highest BCUT2D eigenvalue weighted by Gasteiger charge is 2.05. The molecule has 0 aromatic carbocycles. The van der Waals surface area contributed by atoms with Gasteiger partial charge in [-0.25, -0.2) is 0 Å². The molecule has 1 aromatic rings. The fourth-order valence-corrected chi connectivity index (χ4v) is 1.33. The van der Waals surface area contributed by atoms with E-state index in [0.29, 0.717) is 6.04 Å². The summed E-state index contributed by atoms with van der Waals surface area (Å²) in [6.07, 6.45) is 2.29. The fraction of sp³-hybridized carbons (Fsp3) is 0.700. The third kappa shape index (κ3) is 2.47. The number of aryl methyl sites for hydroxylation is 2. The van der Waals surface area contributed by atoms with E-state index in [2.05, 4.69) is 37.3 Å². The van der Waals surface area contributed by atoms with Crippen molar-refractivity contribution in [2.45, 2.75) is 39.7 Å². The molecular formula is C10H19N3. The maximum absolute atomic E-state index is 4.35. The normalized spacial score (nSPS) is 10.8. The second-order valence-electron chi connectivity index (χ2n) is 3.45. The Morgan fingerprint density at radius 1 is 1.46 bits per heavy atom. The van der Waals surface area contributed by atoms with Crippen molar-refractivity contribution in [2.24, 2.45) is 7.05 Å². The van der Waals surface area contributed by atoms with Gasteiger partial charge in [0.2, 0.25) is 0 Å². The van der Waals surface area contributed by atoms with E-state index in [1.54, 1.807) is 0 Å². The predicted molar refractivity (Wildman–Crippen MR) is 55.9 cm³/mol. The largest absolute Gasteiger partial charge is 0.366 e. The summed E-state index contributed by atoms with van der Waals surface area (Å²) in [6, 6.07) is 2.63. The quantitative estimate of drug-likeness (QED) is 0.772. The molecule has 0 spiro atoms. The summed E-state index contributed by atoms with van der Waals surface area (Å²) in [5, 5.41) is 7.76. The molecule has 0 aliphatic heterocycles. The first kappa shape index (κ1) is 10.1. The highest BCUT2D eigenvalue weighted by molar-refractivity contribution is 5.36. The van der Waals surface area contributed by atoms with Crippen LogP contribution in [0.25, 0.3) is 0 Å². The average Bonchev–Trinajstić information content (AvgIpc) is 2.42. The average molecular weight is 181 g/mol. The summed E-state index contributed by atoms with van der Waals surface area (Å²) < 4.78 is 1.89. The zero-order valence-corrected chi connectivity index (χ0v) is 8.96. The Morgan fingerprint density at radius 3 is 2.46 bits per heavy atom. The smallest absolute Gasteiger partial charge is 0.148 e. The van der Waals surface area contributed by atoms with Gasteiger partial charge in [-0.15, -0.1) is 0 Å². The summed E-state index contributed by atoms with van der Waals surface area (Å²) in [6.45, 7) is 6.44. The molecule has 0 unspecified atom stereocenters. The summed E-state index contributed by atoms with van der Waals surface area (Å²) >= 11 is 0. The lowest BCUT2D eigenvalue weighted by molar-refractivity contribution is 0.661. The molecule has 1 rings (SSSR count). The van der Waals surface area contributed by atoms with E-state index in [4.69, 9.17) is 0 Å². The number of hydrogen-bond donors (Lipinski definition) is 1. The van der Waals surface area contributed by atoms with Crippen molar-refractivity contribution >= 4 is 5.82 Å². The second kappa shape index (κ2) is 4.30. The topological polar surface area (TPSA) is 29.9 Å². The molecule has 0 fully saturated rings. The molecule has 1 N–H and O–H groups in total. The van der Waals surface area contributed by atoms with E-state index in [1.807, 2.05) is 11.7 Å². The van der Waals surface area contributed by atoms with E-state index >= 15 is 0 Å². The van der Waals surface area contributed by atoms with Gasteiger partial charge in [-0.2, -0.15) is 5.10 Å². The summed E-state index contributed by atoms with van der Waals surface area (Å²) in [5.74, 6) is 0.994. The van der Waals surface area contributed by atoms with E-state index in [0.717, 1.165) is 18.7 Å². The fourth-order valence-electron chi connectivity index (χ4n) is 1.33. The van der Waals surface area contributed by atoms with Crippen molar-refractivity contribution in [1.82, 2.24) is 9.78 Å². The van der Waals surface area contributed by atoms with Crippen LogP contribution in [0.3, 0.4) is 0 Å². The molecule has 1 heterocycles. The highest BCUT2D eigenvalue weighted by atomic mass is 15.3. The Labute approximate surface area is 80.1 Å². The van der Waals surface area contributed by atoms with Gasteiger partial charge in [0.1, 0.15) is 5.82 Å². The summed E-state index contributed by atoms with van der Waals surface area (Å²) in [5.41, 5.74) is 1.19. The van der Waals surface area contributed by atoms with Gasteiger partial charge in [-0.05, 0) is 19.8 Å². The van der Waals surface area contributed by atoms with Crippen molar-refractivity contribution in [1.29, 1.82) is 0 Å². The van der Waals surface area contributed by atoms with Crippen LogP contribution in [-0.2, 0) is 7.05 Å². The van der Waals surface area contributed by atoms with Crippen LogP contribution >= 0.6 is 0 Å². The highest BCUT2D eigenvalue weighted by Crippen LogP contribution is 2.10. The molecule has 13 heavy (non-hydrogen) atoms. The molecule has 0 aliphatic carbocycles. The van der Waals surface area contributed by atoms with Crippen LogP contribution in [0.2, 0.25) is 0 Å². The van der Waals surface area contributed by atoms with Gasteiger partial charge in [0.15, 0.2) is 0 Å². The monoisotopic (exact) mass is 181 g/mol. The molecule has 1 aromatic heterocycles. The second-order valence-corrected chi connectivity index (χ2v) is 3.45. The number of rotatable bonds is 4. The van der Waals surface area contributed by atoms with Gasteiger partial charge in [0.25, 0.3) is 0 Å². The van der Waals surface area contributed by atoms with Gasteiger partial charge in [-0.3, -0.25) is 4.68 Å². The minimum atomic E-state index is 0.550. The van der Waals surface area contributed by atoms with Crippen LogP contribution < -0.4 is 5.32 Å². The Bertz CT molecular complexity index is 242. The lowest BCUT2D eigenvalue weighted by Crippen LogP contribution is -2.17. The van der Waals surface area contributed by atoms with E-state index < -0.39 is 0 Å². The summed E-state index contributed by atoms with van der Waals surface area (Å²) in [4.78, 5) is 0.